The van der Waals surface area contributed by atoms with Gasteiger partial charge >= 0.3 is 92.7 Å². The van der Waals surface area contributed by atoms with Crippen molar-refractivity contribution in [3.05, 3.63) is 29.8 Å². The van der Waals surface area contributed by atoms with Gasteiger partial charge in [0, 0.05) is 0 Å². The summed E-state index contributed by atoms with van der Waals surface area (Å²) in [4.78, 5) is 0. The summed E-state index contributed by atoms with van der Waals surface area (Å²) in [6.45, 7) is 2.17. The fourth-order valence-corrected chi connectivity index (χ4v) is 1.22. The maximum absolute atomic E-state index is 7.17. The number of aryl methyl sites for hydroxylation is 1. The van der Waals surface area contributed by atoms with E-state index in [9.17, 15) is 0 Å². The third kappa shape index (κ3) is 7.45. The molecule has 5 heteroatoms. The number of rotatable bonds is 0. The van der Waals surface area contributed by atoms with E-state index in [4.69, 9.17) is 15.1 Å². The molecule has 0 amide bonds. The minimum atomic E-state index is -2.17. The summed E-state index contributed by atoms with van der Waals surface area (Å²) in [6.07, 6.45) is 0. The number of hydrogen-bond donors (Lipinski definition) is 3. The summed E-state index contributed by atoms with van der Waals surface area (Å²) in [6, 6.07) is 8.56. The molecule has 1 aromatic carbocycles. The maximum atomic E-state index is 7.17. The van der Waals surface area contributed by atoms with Crippen LogP contribution in [-0.4, -0.2) is 71.3 Å². The van der Waals surface area contributed by atoms with E-state index in [1.54, 1.807) is -0.342 Å². The van der Waals surface area contributed by atoms with Gasteiger partial charge in [0.1, 0.15) is 0 Å². The molecule has 0 atom stereocenters. The van der Waals surface area contributed by atoms with Gasteiger partial charge in [-0.25, -0.2) is 0 Å². The van der Waals surface area contributed by atoms with Gasteiger partial charge in [-0.3, -0.25) is 0 Å². The van der Waals surface area contributed by atoms with Crippen molar-refractivity contribution in [2.75, 3.05) is 0 Å². The zero-order chi connectivity index (χ0) is 9.56. The van der Waals surface area contributed by atoms with E-state index in [1.807, 2.05) is 0 Å². The molecule has 0 spiro atoms. The molecule has 1 rings (SSSR count). The predicted molar refractivity (Wildman–Crippen MR) is 49.0 cm³/mol. The molecule has 0 aliphatic heterocycles. The van der Waals surface area contributed by atoms with E-state index >= 15 is 0 Å². The van der Waals surface area contributed by atoms with Gasteiger partial charge in [-0.2, -0.15) is 0 Å². The van der Waals surface area contributed by atoms with Crippen LogP contribution in [0.4, 0.5) is 0 Å². The molecule has 3 nitrogen and oxygen atoms in total. The molecular weight excluding hydrogens is 182 g/mol. The molecule has 0 fully saturated rings. The van der Waals surface area contributed by atoms with Crippen molar-refractivity contribution in [2.24, 2.45) is 0 Å². The van der Waals surface area contributed by atoms with Crippen LogP contribution in [0.25, 0.3) is 0 Å². The fraction of sp³-hybridized carbons (Fsp3) is 0.143. The summed E-state index contributed by atoms with van der Waals surface area (Å²) in [7, 11) is -2.17. The van der Waals surface area contributed by atoms with Crippen LogP contribution in [-0.2, 0) is 0 Å². The van der Waals surface area contributed by atoms with E-state index in [0.29, 0.717) is 0 Å². The van der Waals surface area contributed by atoms with Gasteiger partial charge in [0.2, 0.25) is 0 Å². The zero-order valence-electron chi connectivity index (χ0n) is 7.23. The second-order valence-electron chi connectivity index (χ2n) is 2.43. The summed E-state index contributed by atoms with van der Waals surface area (Å²) < 4.78 is 1.56. The molecule has 12 heavy (non-hydrogen) atoms. The Morgan fingerprint density at radius 1 is 1.17 bits per heavy atom. The summed E-state index contributed by atoms with van der Waals surface area (Å²) in [5.74, 6) is 0. The second-order valence-corrected chi connectivity index (χ2v) is 4.11. The van der Waals surface area contributed by atoms with Crippen LogP contribution in [0.2, 0.25) is 0 Å². The number of benzene rings is 1. The summed E-state index contributed by atoms with van der Waals surface area (Å²) >= 11 is 0.846. The van der Waals surface area contributed by atoms with Crippen molar-refractivity contribution in [3.63, 3.8) is 0 Å². The molecule has 1 aromatic rings. The molecule has 0 saturated heterocycles. The van der Waals surface area contributed by atoms with Crippen LogP contribution in [0.1, 0.15) is 5.56 Å². The predicted octanol–water partition coefficient (Wildman–Crippen LogP) is -1.26. The Morgan fingerprint density at radius 3 is 1.83 bits per heavy atom. The molecule has 0 bridgehead atoms. The Labute approximate surface area is 106 Å². The van der Waals surface area contributed by atoms with E-state index in [0.717, 1.165) is 49.0 Å². The fourth-order valence-electron chi connectivity index (χ4n) is 0.663. The largest absolute Gasteiger partial charge is 0.631 e. The zero-order valence-corrected chi connectivity index (χ0v) is 10.4. The minimum absolute atomic E-state index is 0.846. The Kier molecular flexibility index (Phi) is 7.71. The smallest absolute Gasteiger partial charge is 0.402 e. The molecule has 3 N–H and O–H groups in total. The topological polar surface area (TPSA) is 60.7 Å². The van der Waals surface area contributed by atoms with Crippen molar-refractivity contribution in [3.8, 4) is 0 Å². The van der Waals surface area contributed by atoms with Crippen molar-refractivity contribution in [2.45, 2.75) is 6.92 Å². The van der Waals surface area contributed by atoms with Gasteiger partial charge in [0.15, 0.2) is 0 Å². The third-order valence-electron chi connectivity index (χ3n) is 1.43. The average Bonchev–Trinajstić information content (AvgIpc) is 1.94. The van der Waals surface area contributed by atoms with Crippen LogP contribution in [0, 0.1) is 6.92 Å². The third-order valence-corrected chi connectivity index (χ3v) is 3.18. The van der Waals surface area contributed by atoms with Crippen molar-refractivity contribution >= 4 is 55.9 Å². The van der Waals surface area contributed by atoms with Gasteiger partial charge in [-0.15, -0.1) is 0 Å². The molecule has 0 aliphatic carbocycles. The van der Waals surface area contributed by atoms with Crippen LogP contribution < -0.4 is -0.342 Å². The monoisotopic (exact) mass is 192 g/mol. The van der Waals surface area contributed by atoms with Gasteiger partial charge in [-0.1, -0.05) is 0 Å². The van der Waals surface area contributed by atoms with E-state index in [-0.39, 0.29) is 0 Å². The molecule has 0 radical (unpaired) electrons. The number of hydrogen-bond acceptors (Lipinski definition) is 3. The van der Waals surface area contributed by atoms with E-state index < -0.39 is 7.32 Å². The van der Waals surface area contributed by atoms with Crippen LogP contribution >= 0.6 is 0 Å². The minimum Gasteiger partial charge on any atom is -0.402 e. The first-order chi connectivity index (χ1) is 5.54. The Balaban J connectivity index is 0.000000261. The van der Waals surface area contributed by atoms with Crippen molar-refractivity contribution in [1.29, 1.82) is 0 Å². The molecule has 0 unspecified atom stereocenters. The SMILES string of the molecule is Cc1cccc[c]1[K].OB(O)O. The maximum Gasteiger partial charge on any atom is 0.631 e. The molecule has 0 aromatic heterocycles. The van der Waals surface area contributed by atoms with Crippen molar-refractivity contribution < 1.29 is 15.1 Å². The molecule has 0 saturated carbocycles. The van der Waals surface area contributed by atoms with Gasteiger partial charge < -0.3 is 15.1 Å². The molecule has 0 aliphatic rings. The average molecular weight is 192 g/mol. The molecule has 60 valence electrons. The standard InChI is InChI=1S/C7H7.BH3O3.K/c1-7-5-3-2-4-6-7;2-1(3)4;/h2-5H,1H3;2-4H;. The quantitative estimate of drug-likeness (QED) is 0.449. The van der Waals surface area contributed by atoms with Crippen molar-refractivity contribution in [1.82, 2.24) is 0 Å². The normalized spacial score (nSPS) is 8.50. The van der Waals surface area contributed by atoms with Crippen LogP contribution in [0.3, 0.4) is 0 Å². The second kappa shape index (κ2) is 7.23. The first kappa shape index (κ1) is 12.8. The van der Waals surface area contributed by atoms with Gasteiger partial charge in [-0.05, 0) is 0 Å². The first-order valence-corrected chi connectivity index (χ1v) is 5.16. The Morgan fingerprint density at radius 2 is 1.58 bits per heavy atom. The molecule has 0 heterocycles. The Hall–Kier alpha value is 0.801. The molecular formula is C7H10BKO3. The van der Waals surface area contributed by atoms with Crippen LogP contribution in [0.5, 0.6) is 0 Å². The van der Waals surface area contributed by atoms with Crippen LogP contribution in [0.15, 0.2) is 24.3 Å². The van der Waals surface area contributed by atoms with Gasteiger partial charge in [0.05, 0.1) is 0 Å². The van der Waals surface area contributed by atoms with E-state index in [1.165, 1.54) is 5.56 Å². The summed E-state index contributed by atoms with van der Waals surface area (Å²) in [5.41, 5.74) is 1.45. The van der Waals surface area contributed by atoms with Gasteiger partial charge in [0.25, 0.3) is 0 Å². The van der Waals surface area contributed by atoms with E-state index in [2.05, 4.69) is 31.2 Å². The summed E-state index contributed by atoms with van der Waals surface area (Å²) in [5, 5.41) is 21.5. The first-order valence-electron chi connectivity index (χ1n) is 3.60. The Bertz CT molecular complexity index is 206.